The van der Waals surface area contributed by atoms with Gasteiger partial charge in [-0.3, -0.25) is 9.59 Å². The topological polar surface area (TPSA) is 53.2 Å². The fourth-order valence-corrected chi connectivity index (χ4v) is 1.44. The standard InChI is InChI=1S/C9H10N2O2/c12-7-3-5-11(6-7)9(13)8-2-1-4-10-8/h1-2,4,10H,3,5-6H2. The quantitative estimate of drug-likeness (QED) is 0.678. The minimum Gasteiger partial charge on any atom is -0.357 e. The second-order valence-electron chi connectivity index (χ2n) is 3.10. The zero-order valence-corrected chi connectivity index (χ0v) is 7.12. The number of aromatic amines is 1. The molecule has 0 radical (unpaired) electrons. The lowest BCUT2D eigenvalue weighted by Gasteiger charge is -2.12. The van der Waals surface area contributed by atoms with Crippen molar-refractivity contribution in [2.75, 3.05) is 13.1 Å². The number of hydrogen-bond acceptors (Lipinski definition) is 2. The molecule has 0 atom stereocenters. The number of hydrogen-bond donors (Lipinski definition) is 1. The number of likely N-dealkylation sites (tertiary alicyclic amines) is 1. The number of nitrogens with one attached hydrogen (secondary N) is 1. The van der Waals surface area contributed by atoms with Gasteiger partial charge in [0.1, 0.15) is 5.69 Å². The number of Topliss-reactive ketones (excluding diaryl/α,β-unsaturated/α-hetero) is 1. The van der Waals surface area contributed by atoms with Gasteiger partial charge in [-0.1, -0.05) is 0 Å². The fourth-order valence-electron chi connectivity index (χ4n) is 1.44. The van der Waals surface area contributed by atoms with Gasteiger partial charge in [0.25, 0.3) is 5.91 Å². The molecule has 68 valence electrons. The van der Waals surface area contributed by atoms with Gasteiger partial charge in [0.05, 0.1) is 6.54 Å². The predicted octanol–water partition coefficient (Wildman–Crippen LogP) is 0.430. The fraction of sp³-hybridized carbons (Fsp3) is 0.333. The second-order valence-corrected chi connectivity index (χ2v) is 3.10. The Balaban J connectivity index is 2.10. The smallest absolute Gasteiger partial charge is 0.270 e. The van der Waals surface area contributed by atoms with E-state index in [-0.39, 0.29) is 18.2 Å². The molecule has 1 aromatic heterocycles. The molecule has 0 unspecified atom stereocenters. The van der Waals surface area contributed by atoms with Crippen molar-refractivity contribution in [2.24, 2.45) is 0 Å². The Hall–Kier alpha value is -1.58. The van der Waals surface area contributed by atoms with Crippen molar-refractivity contribution in [1.82, 2.24) is 9.88 Å². The van der Waals surface area contributed by atoms with Crippen LogP contribution in [0.15, 0.2) is 18.3 Å². The highest BCUT2D eigenvalue weighted by molar-refractivity contribution is 5.97. The van der Waals surface area contributed by atoms with Gasteiger partial charge in [-0.05, 0) is 12.1 Å². The van der Waals surface area contributed by atoms with E-state index in [4.69, 9.17) is 0 Å². The molecule has 1 aliphatic heterocycles. The number of aromatic nitrogens is 1. The number of rotatable bonds is 1. The molecule has 0 saturated carbocycles. The lowest BCUT2D eigenvalue weighted by atomic mass is 10.4. The largest absolute Gasteiger partial charge is 0.357 e. The van der Waals surface area contributed by atoms with Crippen LogP contribution in [0, 0.1) is 0 Å². The number of carbonyl (C=O) groups is 2. The summed E-state index contributed by atoms with van der Waals surface area (Å²) in [6, 6.07) is 3.48. The zero-order valence-electron chi connectivity index (χ0n) is 7.12. The van der Waals surface area contributed by atoms with Gasteiger partial charge in [-0.25, -0.2) is 0 Å². The molecule has 0 spiro atoms. The Bertz CT molecular complexity index is 329. The maximum atomic E-state index is 11.6. The van der Waals surface area contributed by atoms with Crippen LogP contribution >= 0.6 is 0 Å². The van der Waals surface area contributed by atoms with Gasteiger partial charge in [-0.15, -0.1) is 0 Å². The second kappa shape index (κ2) is 3.05. The molecule has 4 nitrogen and oxygen atoms in total. The van der Waals surface area contributed by atoms with Crippen LogP contribution in [0.3, 0.4) is 0 Å². The summed E-state index contributed by atoms with van der Waals surface area (Å²) in [5.41, 5.74) is 0.551. The number of carbonyl (C=O) groups excluding carboxylic acids is 2. The maximum absolute atomic E-state index is 11.6. The van der Waals surface area contributed by atoms with Gasteiger partial charge in [-0.2, -0.15) is 0 Å². The molecule has 0 bridgehead atoms. The molecular formula is C9H10N2O2. The van der Waals surface area contributed by atoms with E-state index in [9.17, 15) is 9.59 Å². The van der Waals surface area contributed by atoms with E-state index in [1.807, 2.05) is 0 Å². The van der Waals surface area contributed by atoms with Crippen LogP contribution in [0.1, 0.15) is 16.9 Å². The first-order valence-corrected chi connectivity index (χ1v) is 4.22. The summed E-state index contributed by atoms with van der Waals surface area (Å²) in [6.45, 7) is 0.814. The summed E-state index contributed by atoms with van der Waals surface area (Å²) in [4.78, 5) is 26.9. The summed E-state index contributed by atoms with van der Waals surface area (Å²) < 4.78 is 0. The molecule has 1 fully saturated rings. The highest BCUT2D eigenvalue weighted by Gasteiger charge is 2.24. The van der Waals surface area contributed by atoms with E-state index in [1.165, 1.54) is 0 Å². The van der Waals surface area contributed by atoms with Crippen molar-refractivity contribution in [2.45, 2.75) is 6.42 Å². The third-order valence-corrected chi connectivity index (χ3v) is 2.14. The average molecular weight is 178 g/mol. The Morgan fingerprint density at radius 1 is 1.54 bits per heavy atom. The van der Waals surface area contributed by atoms with Crippen LogP contribution in [0.2, 0.25) is 0 Å². The van der Waals surface area contributed by atoms with Crippen LogP contribution in [-0.2, 0) is 4.79 Å². The van der Waals surface area contributed by atoms with Crippen molar-refractivity contribution in [1.29, 1.82) is 0 Å². The first-order valence-electron chi connectivity index (χ1n) is 4.22. The van der Waals surface area contributed by atoms with Gasteiger partial charge in [0, 0.05) is 19.2 Å². The molecule has 1 N–H and O–H groups in total. The average Bonchev–Trinajstić information content (AvgIpc) is 2.72. The third kappa shape index (κ3) is 1.47. The summed E-state index contributed by atoms with van der Waals surface area (Å²) in [7, 11) is 0. The highest BCUT2D eigenvalue weighted by atomic mass is 16.2. The SMILES string of the molecule is O=C1CCN(C(=O)c2ccc[nH]2)C1. The minimum absolute atomic E-state index is 0.0872. The summed E-state index contributed by atoms with van der Waals surface area (Å²) in [5.74, 6) is 0.0516. The first kappa shape index (κ1) is 8.04. The molecule has 1 amide bonds. The molecule has 2 heterocycles. The maximum Gasteiger partial charge on any atom is 0.270 e. The summed E-state index contributed by atoms with van der Waals surface area (Å²) in [6.07, 6.45) is 2.19. The first-order chi connectivity index (χ1) is 6.27. The van der Waals surface area contributed by atoms with Crippen LogP contribution in [0.5, 0.6) is 0 Å². The van der Waals surface area contributed by atoms with Crippen molar-refractivity contribution in [3.8, 4) is 0 Å². The lowest BCUT2D eigenvalue weighted by molar-refractivity contribution is -0.116. The van der Waals surface area contributed by atoms with Gasteiger partial charge >= 0.3 is 0 Å². The molecule has 1 saturated heterocycles. The van der Waals surface area contributed by atoms with Crippen molar-refractivity contribution in [3.05, 3.63) is 24.0 Å². The summed E-state index contributed by atoms with van der Waals surface area (Å²) >= 11 is 0. The Morgan fingerprint density at radius 2 is 2.38 bits per heavy atom. The Kier molecular flexibility index (Phi) is 1.88. The zero-order chi connectivity index (χ0) is 9.26. The van der Waals surface area contributed by atoms with E-state index < -0.39 is 0 Å². The van der Waals surface area contributed by atoms with Crippen LogP contribution in [0.25, 0.3) is 0 Å². The highest BCUT2D eigenvalue weighted by Crippen LogP contribution is 2.08. The molecule has 0 aliphatic carbocycles. The molecule has 4 heteroatoms. The number of ketones is 1. The third-order valence-electron chi connectivity index (χ3n) is 2.14. The van der Waals surface area contributed by atoms with E-state index in [0.29, 0.717) is 18.7 Å². The molecular weight excluding hydrogens is 168 g/mol. The van der Waals surface area contributed by atoms with Crippen molar-refractivity contribution >= 4 is 11.7 Å². The van der Waals surface area contributed by atoms with Crippen LogP contribution < -0.4 is 0 Å². The number of amides is 1. The van der Waals surface area contributed by atoms with Crippen molar-refractivity contribution in [3.63, 3.8) is 0 Å². The van der Waals surface area contributed by atoms with E-state index >= 15 is 0 Å². The minimum atomic E-state index is -0.0872. The van der Waals surface area contributed by atoms with Gasteiger partial charge < -0.3 is 9.88 Å². The molecule has 0 aromatic carbocycles. The van der Waals surface area contributed by atoms with Crippen LogP contribution in [0.4, 0.5) is 0 Å². The monoisotopic (exact) mass is 178 g/mol. The van der Waals surface area contributed by atoms with E-state index in [2.05, 4.69) is 4.98 Å². The van der Waals surface area contributed by atoms with E-state index in [0.717, 1.165) is 0 Å². The van der Waals surface area contributed by atoms with E-state index in [1.54, 1.807) is 23.2 Å². The van der Waals surface area contributed by atoms with Crippen LogP contribution in [-0.4, -0.2) is 34.7 Å². The van der Waals surface area contributed by atoms with Gasteiger partial charge in [0.15, 0.2) is 5.78 Å². The van der Waals surface area contributed by atoms with Crippen molar-refractivity contribution < 1.29 is 9.59 Å². The molecule has 1 aromatic rings. The molecule has 13 heavy (non-hydrogen) atoms. The molecule has 2 rings (SSSR count). The predicted molar refractivity (Wildman–Crippen MR) is 46.3 cm³/mol. The number of H-pyrrole nitrogens is 1. The number of nitrogens with zero attached hydrogens (tertiary/aromatic N) is 1. The molecule has 1 aliphatic rings. The normalized spacial score (nSPS) is 16.6. The lowest BCUT2D eigenvalue weighted by Crippen LogP contribution is -2.28. The van der Waals surface area contributed by atoms with Gasteiger partial charge in [0.2, 0.25) is 0 Å². The summed E-state index contributed by atoms with van der Waals surface area (Å²) in [5, 5.41) is 0. The Morgan fingerprint density at radius 3 is 2.92 bits per heavy atom. The Labute approximate surface area is 75.5 Å².